The van der Waals surface area contributed by atoms with Crippen LogP contribution in [0.1, 0.15) is 6.92 Å². The molecule has 0 aliphatic carbocycles. The van der Waals surface area contributed by atoms with Crippen LogP contribution in [0, 0.1) is 0 Å². The van der Waals surface area contributed by atoms with E-state index in [4.69, 9.17) is 11.6 Å². The fourth-order valence-electron chi connectivity index (χ4n) is 0.533. The van der Waals surface area contributed by atoms with Crippen molar-refractivity contribution in [2.75, 3.05) is 0 Å². The van der Waals surface area contributed by atoms with Gasteiger partial charge in [0.1, 0.15) is 5.37 Å². The van der Waals surface area contributed by atoms with E-state index in [0.717, 1.165) is 5.70 Å². The van der Waals surface area contributed by atoms with E-state index in [1.54, 1.807) is 6.34 Å². The van der Waals surface area contributed by atoms with Crippen molar-refractivity contribution in [2.24, 2.45) is 4.99 Å². The molecule has 9 heavy (non-hydrogen) atoms. The molecule has 0 radical (unpaired) electrons. The van der Waals surface area contributed by atoms with Gasteiger partial charge in [-0.15, -0.1) is 12.6 Å². The minimum absolute atomic E-state index is 0.173. The second-order valence-corrected chi connectivity index (χ2v) is 2.67. The van der Waals surface area contributed by atoms with Gasteiger partial charge < -0.3 is 5.32 Å². The van der Waals surface area contributed by atoms with Crippen LogP contribution in [0.25, 0.3) is 0 Å². The lowest BCUT2D eigenvalue weighted by molar-refractivity contribution is 0.992. The van der Waals surface area contributed by atoms with E-state index in [1.165, 1.54) is 0 Å². The molecule has 1 atom stereocenters. The Morgan fingerprint density at radius 3 is 3.00 bits per heavy atom. The van der Waals surface area contributed by atoms with Gasteiger partial charge in [0, 0.05) is 5.70 Å². The van der Waals surface area contributed by atoms with Crippen LogP contribution >= 0.6 is 24.2 Å². The quantitative estimate of drug-likeness (QED) is 0.517. The predicted octanol–water partition coefficient (Wildman–Crippen LogP) is 1.34. The second-order valence-electron chi connectivity index (χ2n) is 1.77. The smallest absolute Gasteiger partial charge is 0.131 e. The van der Waals surface area contributed by atoms with Gasteiger partial charge in [-0.3, -0.25) is 4.99 Å². The summed E-state index contributed by atoms with van der Waals surface area (Å²) in [5.41, 5.74) is 0.923. The summed E-state index contributed by atoms with van der Waals surface area (Å²) in [6.07, 6.45) is 1.60. The lowest BCUT2D eigenvalue weighted by Gasteiger charge is -2.13. The molecule has 0 aromatic heterocycles. The molecule has 0 aromatic carbocycles. The average Bonchev–Trinajstić information content (AvgIpc) is 1.83. The molecule has 1 N–H and O–H groups in total. The Morgan fingerprint density at radius 1 is 1.89 bits per heavy atom. The van der Waals surface area contributed by atoms with Crippen molar-refractivity contribution in [1.82, 2.24) is 5.32 Å². The van der Waals surface area contributed by atoms with Crippen LogP contribution in [0.4, 0.5) is 0 Å². The lowest BCUT2D eigenvalue weighted by Crippen LogP contribution is -2.18. The summed E-state index contributed by atoms with van der Waals surface area (Å²) >= 11 is 9.83. The van der Waals surface area contributed by atoms with Gasteiger partial charge in [-0.25, -0.2) is 0 Å². The molecule has 0 bridgehead atoms. The molecule has 0 aromatic rings. The van der Waals surface area contributed by atoms with Crippen LogP contribution in [-0.4, -0.2) is 11.7 Å². The van der Waals surface area contributed by atoms with E-state index in [-0.39, 0.29) is 5.37 Å². The molecule has 0 spiro atoms. The number of nitrogens with one attached hydrogen (secondary N) is 1. The van der Waals surface area contributed by atoms with E-state index >= 15 is 0 Å². The largest absolute Gasteiger partial charge is 0.349 e. The first kappa shape index (κ1) is 6.96. The maximum atomic E-state index is 5.74. The van der Waals surface area contributed by atoms with E-state index in [1.807, 2.05) is 6.92 Å². The molecule has 2 nitrogen and oxygen atoms in total. The monoisotopic (exact) mass is 162 g/mol. The van der Waals surface area contributed by atoms with Crippen molar-refractivity contribution in [2.45, 2.75) is 12.3 Å². The fraction of sp³-hybridized carbons (Fsp3) is 0.400. The zero-order valence-corrected chi connectivity index (χ0v) is 6.58. The van der Waals surface area contributed by atoms with Crippen LogP contribution in [0.3, 0.4) is 0 Å². The lowest BCUT2D eigenvalue weighted by atomic mass is 10.4. The maximum absolute atomic E-state index is 5.74. The molecule has 1 aliphatic rings. The number of hydrogen-bond donors (Lipinski definition) is 2. The molecule has 0 fully saturated rings. The number of allylic oxidation sites excluding steroid dienone is 1. The summed E-state index contributed by atoms with van der Waals surface area (Å²) in [6, 6.07) is 0. The zero-order chi connectivity index (χ0) is 6.85. The molecule has 4 heteroatoms. The molecular formula is C5H7ClN2S. The molecule has 1 rings (SSSR count). The van der Waals surface area contributed by atoms with Crippen LogP contribution in [0.2, 0.25) is 0 Å². The molecule has 0 amide bonds. The van der Waals surface area contributed by atoms with Gasteiger partial charge in [-0.05, 0) is 6.92 Å². The predicted molar refractivity (Wildman–Crippen MR) is 43.0 cm³/mol. The van der Waals surface area contributed by atoms with Crippen molar-refractivity contribution in [3.05, 3.63) is 10.7 Å². The van der Waals surface area contributed by atoms with Crippen molar-refractivity contribution in [3.63, 3.8) is 0 Å². The van der Waals surface area contributed by atoms with E-state index < -0.39 is 0 Å². The highest BCUT2D eigenvalue weighted by atomic mass is 35.5. The second kappa shape index (κ2) is 2.62. The number of hydrogen-bond acceptors (Lipinski definition) is 3. The van der Waals surface area contributed by atoms with Crippen LogP contribution in [0.5, 0.6) is 0 Å². The Morgan fingerprint density at radius 2 is 2.56 bits per heavy atom. The van der Waals surface area contributed by atoms with E-state index in [9.17, 15) is 0 Å². The summed E-state index contributed by atoms with van der Waals surface area (Å²) in [5.74, 6) is 0. The Labute approximate surface area is 64.4 Å². The van der Waals surface area contributed by atoms with Crippen molar-refractivity contribution >= 4 is 30.6 Å². The number of thiol groups is 1. The highest BCUT2D eigenvalue weighted by Crippen LogP contribution is 2.19. The van der Waals surface area contributed by atoms with Crippen LogP contribution in [-0.2, 0) is 0 Å². The van der Waals surface area contributed by atoms with Gasteiger partial charge in [-0.2, -0.15) is 0 Å². The van der Waals surface area contributed by atoms with Crippen molar-refractivity contribution in [3.8, 4) is 0 Å². The van der Waals surface area contributed by atoms with Gasteiger partial charge in [-0.1, -0.05) is 11.6 Å². The van der Waals surface area contributed by atoms with Crippen molar-refractivity contribution < 1.29 is 0 Å². The minimum atomic E-state index is -0.173. The zero-order valence-electron chi connectivity index (χ0n) is 4.93. The first-order valence-electron chi connectivity index (χ1n) is 2.54. The molecule has 1 heterocycles. The van der Waals surface area contributed by atoms with Crippen LogP contribution in [0.15, 0.2) is 15.7 Å². The molecule has 50 valence electrons. The Kier molecular flexibility index (Phi) is 2.03. The SMILES string of the molecule is CC1=C(Cl)C(S)N=CN1. The van der Waals surface area contributed by atoms with Gasteiger partial charge >= 0.3 is 0 Å². The first-order valence-corrected chi connectivity index (χ1v) is 3.44. The fourth-order valence-corrected chi connectivity index (χ4v) is 0.904. The van der Waals surface area contributed by atoms with Crippen molar-refractivity contribution in [1.29, 1.82) is 0 Å². The normalized spacial score (nSPS) is 26.3. The summed E-state index contributed by atoms with van der Waals surface area (Å²) < 4.78 is 0. The maximum Gasteiger partial charge on any atom is 0.131 e. The Balaban J connectivity index is 2.79. The van der Waals surface area contributed by atoms with Crippen LogP contribution < -0.4 is 5.32 Å². The average molecular weight is 163 g/mol. The third-order valence-electron chi connectivity index (χ3n) is 1.08. The minimum Gasteiger partial charge on any atom is -0.349 e. The number of aliphatic imine (C=N–C) groups is 1. The summed E-state index contributed by atoms with van der Waals surface area (Å²) in [6.45, 7) is 1.89. The molecular weight excluding hydrogens is 156 g/mol. The standard InChI is InChI=1S/C5H7ClN2S/c1-3-4(6)5(9)8-2-7-3/h2,5,9H,1H3,(H,7,8). The summed E-state index contributed by atoms with van der Waals surface area (Å²) in [5, 5.41) is 3.36. The molecule has 0 saturated carbocycles. The van der Waals surface area contributed by atoms with Gasteiger partial charge in [0.2, 0.25) is 0 Å². The summed E-state index contributed by atoms with van der Waals surface area (Å²) in [7, 11) is 0. The molecule has 1 aliphatic heterocycles. The molecule has 0 saturated heterocycles. The highest BCUT2D eigenvalue weighted by Gasteiger charge is 2.10. The molecule has 1 unspecified atom stereocenters. The Hall–Kier alpha value is -0.150. The van der Waals surface area contributed by atoms with E-state index in [0.29, 0.717) is 5.03 Å². The topological polar surface area (TPSA) is 24.4 Å². The third kappa shape index (κ3) is 1.40. The number of nitrogens with zero attached hydrogens (tertiary/aromatic N) is 1. The van der Waals surface area contributed by atoms with Gasteiger partial charge in [0.25, 0.3) is 0 Å². The first-order chi connectivity index (χ1) is 4.22. The number of rotatable bonds is 0. The number of halogens is 1. The van der Waals surface area contributed by atoms with Gasteiger partial charge in [0.15, 0.2) is 0 Å². The highest BCUT2D eigenvalue weighted by molar-refractivity contribution is 7.81. The van der Waals surface area contributed by atoms with E-state index in [2.05, 4.69) is 22.9 Å². The third-order valence-corrected chi connectivity index (χ3v) is 2.12. The Bertz CT molecular complexity index is 176. The summed E-state index contributed by atoms with van der Waals surface area (Å²) in [4.78, 5) is 3.90. The van der Waals surface area contributed by atoms with Gasteiger partial charge in [0.05, 0.1) is 11.4 Å².